The fourth-order valence-corrected chi connectivity index (χ4v) is 3.62. The van der Waals surface area contributed by atoms with E-state index in [-0.39, 0.29) is 24.2 Å². The summed E-state index contributed by atoms with van der Waals surface area (Å²) in [5, 5.41) is 13.2. The molecule has 3 N–H and O–H groups in total. The Morgan fingerprint density at radius 2 is 1.84 bits per heavy atom. The number of hydrogen-bond acceptors (Lipinski definition) is 3. The summed E-state index contributed by atoms with van der Waals surface area (Å²) in [6.07, 6.45) is 3.79. The molecule has 6 heteroatoms. The largest absolute Gasteiger partial charge is 0.494 e. The molecule has 0 bridgehead atoms. The van der Waals surface area contributed by atoms with Crippen LogP contribution in [0, 0.1) is 0 Å². The van der Waals surface area contributed by atoms with E-state index < -0.39 is 12.0 Å². The number of aromatic nitrogens is 1. The van der Waals surface area contributed by atoms with Gasteiger partial charge in [0, 0.05) is 29.9 Å². The molecule has 1 amide bonds. The Hall–Kier alpha value is -3.28. The molecule has 1 atom stereocenters. The number of rotatable bonds is 11. The van der Waals surface area contributed by atoms with E-state index in [1.165, 1.54) is 5.56 Å². The van der Waals surface area contributed by atoms with Gasteiger partial charge in [0.2, 0.25) is 5.91 Å². The fraction of sp³-hybridized carbons (Fsp3) is 0.385. The predicted octanol–water partition coefficient (Wildman–Crippen LogP) is 4.83. The van der Waals surface area contributed by atoms with Crippen LogP contribution in [-0.2, 0) is 21.4 Å². The van der Waals surface area contributed by atoms with Gasteiger partial charge in [0.05, 0.1) is 6.61 Å². The monoisotopic (exact) mass is 436 g/mol. The van der Waals surface area contributed by atoms with Crippen molar-refractivity contribution in [2.24, 2.45) is 0 Å². The Morgan fingerprint density at radius 3 is 2.53 bits per heavy atom. The minimum Gasteiger partial charge on any atom is -0.494 e. The molecule has 0 aliphatic rings. The molecular weight excluding hydrogens is 404 g/mol. The standard InChI is InChI=1S/C26H32N2O4/c1-4-26(2,3)19-11-13-20(14-12-19)32-15-7-10-24(29)28-23(25(30)31)16-18-17-27-22-9-6-5-8-21(18)22/h5-6,8-9,11-14,17,23,27H,4,7,10,15-16H2,1-3H3,(H,28,29)(H,30,31). The number of nitrogens with one attached hydrogen (secondary N) is 2. The number of carboxylic acid groups (broad SMARTS) is 1. The summed E-state index contributed by atoms with van der Waals surface area (Å²) >= 11 is 0. The first kappa shape index (κ1) is 23.4. The summed E-state index contributed by atoms with van der Waals surface area (Å²) in [6.45, 7) is 6.99. The molecule has 0 saturated carbocycles. The zero-order valence-electron chi connectivity index (χ0n) is 19.0. The molecule has 6 nitrogen and oxygen atoms in total. The van der Waals surface area contributed by atoms with Crippen molar-refractivity contribution < 1.29 is 19.4 Å². The number of ether oxygens (including phenoxy) is 1. The molecule has 0 aliphatic heterocycles. The van der Waals surface area contributed by atoms with Crippen LogP contribution >= 0.6 is 0 Å². The zero-order valence-corrected chi connectivity index (χ0v) is 19.0. The molecule has 0 radical (unpaired) electrons. The van der Waals surface area contributed by atoms with Crippen LogP contribution < -0.4 is 10.1 Å². The minimum absolute atomic E-state index is 0.129. The van der Waals surface area contributed by atoms with Crippen molar-refractivity contribution in [3.05, 3.63) is 65.9 Å². The second-order valence-corrected chi connectivity index (χ2v) is 8.74. The number of H-pyrrole nitrogens is 1. The molecule has 3 rings (SSSR count). The van der Waals surface area contributed by atoms with E-state index in [9.17, 15) is 14.7 Å². The summed E-state index contributed by atoms with van der Waals surface area (Å²) in [4.78, 5) is 27.1. The van der Waals surface area contributed by atoms with Gasteiger partial charge in [0.15, 0.2) is 0 Å². The lowest BCUT2D eigenvalue weighted by atomic mass is 9.82. The van der Waals surface area contributed by atoms with E-state index in [4.69, 9.17) is 4.74 Å². The Labute approximate surface area is 189 Å². The summed E-state index contributed by atoms with van der Waals surface area (Å²) in [5.41, 5.74) is 3.21. The first-order valence-corrected chi connectivity index (χ1v) is 11.1. The van der Waals surface area contributed by atoms with Crippen molar-refractivity contribution in [3.8, 4) is 5.75 Å². The third kappa shape index (κ3) is 5.90. The second kappa shape index (κ2) is 10.4. The van der Waals surface area contributed by atoms with Crippen molar-refractivity contribution in [3.63, 3.8) is 0 Å². The highest BCUT2D eigenvalue weighted by Gasteiger charge is 2.22. The summed E-state index contributed by atoms with van der Waals surface area (Å²) < 4.78 is 5.74. The molecule has 3 aromatic rings. The van der Waals surface area contributed by atoms with E-state index >= 15 is 0 Å². The molecule has 1 heterocycles. The average Bonchev–Trinajstić information content (AvgIpc) is 3.19. The second-order valence-electron chi connectivity index (χ2n) is 8.74. The van der Waals surface area contributed by atoms with Crippen LogP contribution in [-0.4, -0.2) is 34.6 Å². The first-order chi connectivity index (χ1) is 15.3. The average molecular weight is 437 g/mol. The van der Waals surface area contributed by atoms with Gasteiger partial charge in [0.1, 0.15) is 11.8 Å². The molecule has 0 aliphatic carbocycles. The van der Waals surface area contributed by atoms with E-state index in [0.29, 0.717) is 13.0 Å². The SMILES string of the molecule is CCC(C)(C)c1ccc(OCCCC(=O)NC(Cc2c[nH]c3ccccc23)C(=O)O)cc1. The van der Waals surface area contributed by atoms with Crippen molar-refractivity contribution >= 4 is 22.8 Å². The van der Waals surface area contributed by atoms with Crippen LogP contribution in [0.4, 0.5) is 0 Å². The third-order valence-corrected chi connectivity index (χ3v) is 6.07. The number of hydrogen-bond donors (Lipinski definition) is 3. The van der Waals surface area contributed by atoms with Gasteiger partial charge < -0.3 is 20.1 Å². The Bertz CT molecular complexity index is 1050. The predicted molar refractivity (Wildman–Crippen MR) is 126 cm³/mol. The molecule has 32 heavy (non-hydrogen) atoms. The zero-order chi connectivity index (χ0) is 23.1. The maximum atomic E-state index is 12.3. The number of para-hydroxylation sites is 1. The highest BCUT2D eigenvalue weighted by Crippen LogP contribution is 2.28. The molecule has 0 fully saturated rings. The number of fused-ring (bicyclic) bond motifs is 1. The molecule has 1 unspecified atom stereocenters. The number of carbonyl (C=O) groups is 2. The topological polar surface area (TPSA) is 91.4 Å². The Morgan fingerprint density at radius 1 is 1.12 bits per heavy atom. The van der Waals surface area contributed by atoms with Crippen LogP contribution in [0.2, 0.25) is 0 Å². The van der Waals surface area contributed by atoms with Crippen molar-refractivity contribution in [2.45, 2.75) is 57.9 Å². The number of amides is 1. The maximum Gasteiger partial charge on any atom is 0.326 e. The smallest absolute Gasteiger partial charge is 0.326 e. The van der Waals surface area contributed by atoms with Gasteiger partial charge in [-0.2, -0.15) is 0 Å². The van der Waals surface area contributed by atoms with Crippen molar-refractivity contribution in [2.75, 3.05) is 6.61 Å². The lowest BCUT2D eigenvalue weighted by Crippen LogP contribution is -2.42. The molecule has 170 valence electrons. The number of aliphatic carboxylic acids is 1. The highest BCUT2D eigenvalue weighted by atomic mass is 16.5. The number of carbonyl (C=O) groups excluding carboxylic acids is 1. The quantitative estimate of drug-likeness (QED) is 0.376. The van der Waals surface area contributed by atoms with Crippen LogP contribution in [0.15, 0.2) is 54.7 Å². The number of carboxylic acids is 1. The molecule has 1 aromatic heterocycles. The van der Waals surface area contributed by atoms with Crippen molar-refractivity contribution in [1.82, 2.24) is 10.3 Å². The van der Waals surface area contributed by atoms with Crippen LogP contribution in [0.1, 0.15) is 51.2 Å². The maximum absolute atomic E-state index is 12.3. The van der Waals surface area contributed by atoms with Crippen LogP contribution in [0.25, 0.3) is 10.9 Å². The van der Waals surface area contributed by atoms with E-state index in [2.05, 4.69) is 43.2 Å². The van der Waals surface area contributed by atoms with Crippen molar-refractivity contribution in [1.29, 1.82) is 0 Å². The normalized spacial score (nSPS) is 12.5. The Kier molecular flexibility index (Phi) is 7.57. The molecule has 0 spiro atoms. The molecule has 2 aromatic carbocycles. The van der Waals surface area contributed by atoms with E-state index in [1.54, 1.807) is 6.20 Å². The summed E-state index contributed by atoms with van der Waals surface area (Å²) in [5.74, 6) is -0.570. The molecular formula is C26H32N2O4. The fourth-order valence-electron chi connectivity index (χ4n) is 3.62. The van der Waals surface area contributed by atoms with Gasteiger partial charge >= 0.3 is 5.97 Å². The minimum atomic E-state index is -1.05. The van der Waals surface area contributed by atoms with Gasteiger partial charge in [-0.3, -0.25) is 4.79 Å². The Balaban J connectivity index is 1.46. The molecule has 0 saturated heterocycles. The van der Waals surface area contributed by atoms with Crippen LogP contribution in [0.3, 0.4) is 0 Å². The summed E-state index contributed by atoms with van der Waals surface area (Å²) in [6, 6.07) is 14.8. The first-order valence-electron chi connectivity index (χ1n) is 11.1. The van der Waals surface area contributed by atoms with E-state index in [1.807, 2.05) is 36.4 Å². The van der Waals surface area contributed by atoms with Gasteiger partial charge in [-0.15, -0.1) is 0 Å². The van der Waals surface area contributed by atoms with Crippen LogP contribution in [0.5, 0.6) is 5.75 Å². The number of benzene rings is 2. The van der Waals surface area contributed by atoms with Gasteiger partial charge in [-0.05, 0) is 47.6 Å². The summed E-state index contributed by atoms with van der Waals surface area (Å²) in [7, 11) is 0. The van der Waals surface area contributed by atoms with E-state index in [0.717, 1.165) is 28.6 Å². The van der Waals surface area contributed by atoms with Gasteiger partial charge in [-0.1, -0.05) is 51.1 Å². The number of aromatic amines is 1. The van der Waals surface area contributed by atoms with Gasteiger partial charge in [-0.25, -0.2) is 4.79 Å². The highest BCUT2D eigenvalue weighted by molar-refractivity contribution is 5.86. The van der Waals surface area contributed by atoms with Gasteiger partial charge in [0.25, 0.3) is 0 Å². The lowest BCUT2D eigenvalue weighted by molar-refractivity contribution is -0.141. The lowest BCUT2D eigenvalue weighted by Gasteiger charge is -2.23. The third-order valence-electron chi connectivity index (χ3n) is 6.07.